The molecule has 2 rings (SSSR count). The van der Waals surface area contributed by atoms with E-state index in [1.165, 1.54) is 11.1 Å². The van der Waals surface area contributed by atoms with Crippen molar-refractivity contribution in [3.8, 4) is 17.2 Å². The third-order valence-electron chi connectivity index (χ3n) is 5.56. The highest BCUT2D eigenvalue weighted by atomic mass is 16.5. The summed E-state index contributed by atoms with van der Waals surface area (Å²) in [5.74, 6) is 3.92. The maximum Gasteiger partial charge on any atom is 0.167 e. The molecule has 0 heterocycles. The summed E-state index contributed by atoms with van der Waals surface area (Å²) in [6, 6.07) is 0. The smallest absolute Gasteiger partial charge is 0.167 e. The Morgan fingerprint density at radius 3 is 2.17 bits per heavy atom. The molecule has 4 nitrogen and oxygen atoms in total. The topological polar surface area (TPSA) is 47.9 Å². The van der Waals surface area contributed by atoms with Gasteiger partial charge in [0.1, 0.15) is 5.75 Å². The summed E-state index contributed by atoms with van der Waals surface area (Å²) in [5, 5.41) is 9.18. The highest BCUT2D eigenvalue weighted by molar-refractivity contribution is 5.65. The number of fused-ring (bicyclic) bond motifs is 1. The van der Waals surface area contributed by atoms with Crippen molar-refractivity contribution in [2.75, 3.05) is 27.9 Å². The van der Waals surface area contributed by atoms with Crippen LogP contribution in [-0.4, -0.2) is 33.0 Å². The number of ether oxygens (including phenoxy) is 3. The molecule has 0 fully saturated rings. The molecule has 0 bridgehead atoms. The molecule has 136 valence electrons. The van der Waals surface area contributed by atoms with Gasteiger partial charge in [-0.1, -0.05) is 13.8 Å². The van der Waals surface area contributed by atoms with E-state index in [2.05, 4.69) is 13.8 Å². The Morgan fingerprint density at radius 1 is 1.00 bits per heavy atom. The zero-order valence-electron chi connectivity index (χ0n) is 15.9. The molecule has 1 aliphatic carbocycles. The van der Waals surface area contributed by atoms with E-state index in [1.54, 1.807) is 21.3 Å². The molecule has 1 aromatic rings. The third-order valence-corrected chi connectivity index (χ3v) is 5.56. The van der Waals surface area contributed by atoms with Crippen molar-refractivity contribution in [1.29, 1.82) is 0 Å². The van der Waals surface area contributed by atoms with Crippen LogP contribution in [0.3, 0.4) is 0 Å². The van der Waals surface area contributed by atoms with Crippen LogP contribution in [0.2, 0.25) is 0 Å². The Labute approximate surface area is 146 Å². The van der Waals surface area contributed by atoms with Gasteiger partial charge in [0.05, 0.1) is 21.3 Å². The summed E-state index contributed by atoms with van der Waals surface area (Å²) in [6.45, 7) is 6.83. The van der Waals surface area contributed by atoms with Gasteiger partial charge < -0.3 is 19.3 Å². The van der Waals surface area contributed by atoms with E-state index in [9.17, 15) is 5.11 Å². The first-order valence-electron chi connectivity index (χ1n) is 8.94. The predicted octanol–water partition coefficient (Wildman–Crippen LogP) is 4.41. The highest BCUT2D eigenvalue weighted by Crippen LogP contribution is 2.55. The van der Waals surface area contributed by atoms with Crippen molar-refractivity contribution in [2.24, 2.45) is 5.92 Å². The van der Waals surface area contributed by atoms with E-state index in [-0.39, 0.29) is 6.61 Å². The summed E-state index contributed by atoms with van der Waals surface area (Å²) < 4.78 is 17.3. The predicted molar refractivity (Wildman–Crippen MR) is 96.7 cm³/mol. The number of aliphatic hydroxyl groups is 1. The molecule has 1 N–H and O–H groups in total. The van der Waals surface area contributed by atoms with Crippen molar-refractivity contribution >= 4 is 0 Å². The average Bonchev–Trinajstić information content (AvgIpc) is 2.58. The molecule has 1 aromatic carbocycles. The fourth-order valence-corrected chi connectivity index (χ4v) is 4.31. The first-order chi connectivity index (χ1) is 11.5. The zero-order valence-corrected chi connectivity index (χ0v) is 15.9. The number of hydrogen-bond acceptors (Lipinski definition) is 4. The fourth-order valence-electron chi connectivity index (χ4n) is 4.31. The van der Waals surface area contributed by atoms with E-state index < -0.39 is 0 Å². The van der Waals surface area contributed by atoms with Crippen molar-refractivity contribution < 1.29 is 19.3 Å². The molecule has 0 saturated heterocycles. The minimum atomic E-state index is 0.252. The quantitative estimate of drug-likeness (QED) is 0.801. The van der Waals surface area contributed by atoms with Crippen molar-refractivity contribution in [3.05, 3.63) is 16.7 Å². The fraction of sp³-hybridized carbons (Fsp3) is 0.700. The van der Waals surface area contributed by atoms with E-state index in [0.717, 1.165) is 48.5 Å². The van der Waals surface area contributed by atoms with E-state index in [0.29, 0.717) is 17.8 Å². The van der Waals surface area contributed by atoms with Crippen LogP contribution in [0.5, 0.6) is 17.2 Å². The van der Waals surface area contributed by atoms with Crippen LogP contribution in [0.1, 0.15) is 68.1 Å². The molecule has 0 radical (unpaired) electrons. The van der Waals surface area contributed by atoms with Crippen LogP contribution in [-0.2, 0) is 0 Å². The van der Waals surface area contributed by atoms with Crippen LogP contribution in [0.4, 0.5) is 0 Å². The van der Waals surface area contributed by atoms with Gasteiger partial charge in [0.15, 0.2) is 11.5 Å². The molecule has 1 aliphatic rings. The Morgan fingerprint density at radius 2 is 1.62 bits per heavy atom. The van der Waals surface area contributed by atoms with Crippen LogP contribution in [0.15, 0.2) is 0 Å². The minimum Gasteiger partial charge on any atom is -0.496 e. The minimum absolute atomic E-state index is 0.252. The lowest BCUT2D eigenvalue weighted by Crippen LogP contribution is -2.21. The lowest BCUT2D eigenvalue weighted by molar-refractivity contribution is 0.258. The Balaban J connectivity index is 2.65. The molecular formula is C20H32O4. The zero-order chi connectivity index (χ0) is 17.9. The Hall–Kier alpha value is -1.42. The van der Waals surface area contributed by atoms with Gasteiger partial charge >= 0.3 is 0 Å². The molecule has 0 spiro atoms. The van der Waals surface area contributed by atoms with Gasteiger partial charge in [0.2, 0.25) is 0 Å². The largest absolute Gasteiger partial charge is 0.496 e. The normalized spacial score (nSPS) is 21.1. The van der Waals surface area contributed by atoms with E-state index >= 15 is 0 Å². The standard InChI is InChI=1S/C20H32O4/c1-12(8-7-11-21)15-10-9-13(2)16-17(15)18(22-4)14(3)19(23-5)20(16)24-6/h12-13,15,21H,7-11H2,1-6H3/t12-,13-,15+/m0/s1. The SMILES string of the molecule is COc1c(C)c(OC)c2c(c1OC)[C@@H](C)CC[C@@H]2[C@@H](C)CCCO. The summed E-state index contributed by atoms with van der Waals surface area (Å²) in [7, 11) is 5.14. The molecule has 0 aliphatic heterocycles. The lowest BCUT2D eigenvalue weighted by atomic mass is 9.70. The third kappa shape index (κ3) is 3.21. The number of rotatable bonds is 7. The first-order valence-corrected chi connectivity index (χ1v) is 8.94. The number of benzene rings is 1. The molecule has 3 atom stereocenters. The summed E-state index contributed by atoms with van der Waals surface area (Å²) in [6.07, 6.45) is 4.14. The van der Waals surface area contributed by atoms with E-state index in [1.807, 2.05) is 6.92 Å². The van der Waals surface area contributed by atoms with E-state index in [4.69, 9.17) is 14.2 Å². The van der Waals surface area contributed by atoms with Crippen molar-refractivity contribution in [1.82, 2.24) is 0 Å². The maximum atomic E-state index is 9.18. The van der Waals surface area contributed by atoms with Gasteiger partial charge in [-0.15, -0.1) is 0 Å². The Kier molecular flexibility index (Phi) is 6.39. The molecule has 0 aromatic heterocycles. The maximum absolute atomic E-state index is 9.18. The van der Waals surface area contributed by atoms with Gasteiger partial charge in [0.25, 0.3) is 0 Å². The molecule has 24 heavy (non-hydrogen) atoms. The second-order valence-electron chi connectivity index (χ2n) is 6.98. The van der Waals surface area contributed by atoms with Crippen LogP contribution >= 0.6 is 0 Å². The van der Waals surface area contributed by atoms with Crippen LogP contribution in [0, 0.1) is 12.8 Å². The van der Waals surface area contributed by atoms with Gasteiger partial charge in [-0.2, -0.15) is 0 Å². The number of aliphatic hydroxyl groups excluding tert-OH is 1. The lowest BCUT2D eigenvalue weighted by Gasteiger charge is -2.37. The Bertz CT molecular complexity index is 567. The first kappa shape index (κ1) is 18.9. The summed E-state index contributed by atoms with van der Waals surface area (Å²) in [4.78, 5) is 0. The monoisotopic (exact) mass is 336 g/mol. The molecule has 0 unspecified atom stereocenters. The number of hydrogen-bond donors (Lipinski definition) is 1. The molecule has 4 heteroatoms. The highest BCUT2D eigenvalue weighted by Gasteiger charge is 2.36. The molecular weight excluding hydrogens is 304 g/mol. The average molecular weight is 336 g/mol. The van der Waals surface area contributed by atoms with Crippen molar-refractivity contribution in [3.63, 3.8) is 0 Å². The van der Waals surface area contributed by atoms with Gasteiger partial charge in [-0.05, 0) is 50.4 Å². The second kappa shape index (κ2) is 8.11. The van der Waals surface area contributed by atoms with Crippen LogP contribution in [0.25, 0.3) is 0 Å². The second-order valence-corrected chi connectivity index (χ2v) is 6.98. The van der Waals surface area contributed by atoms with Crippen LogP contribution < -0.4 is 14.2 Å². The van der Waals surface area contributed by atoms with Gasteiger partial charge in [-0.3, -0.25) is 0 Å². The number of methoxy groups -OCH3 is 3. The van der Waals surface area contributed by atoms with Crippen molar-refractivity contribution in [2.45, 2.75) is 58.3 Å². The molecule has 0 amide bonds. The van der Waals surface area contributed by atoms with Gasteiger partial charge in [-0.25, -0.2) is 0 Å². The van der Waals surface area contributed by atoms with Gasteiger partial charge in [0, 0.05) is 23.3 Å². The summed E-state index contributed by atoms with van der Waals surface area (Å²) in [5.41, 5.74) is 3.53. The summed E-state index contributed by atoms with van der Waals surface area (Å²) >= 11 is 0. The molecule has 0 saturated carbocycles.